The Morgan fingerprint density at radius 1 is 1.05 bits per heavy atom. The number of halogens is 1. The van der Waals surface area contributed by atoms with Gasteiger partial charge in [0.05, 0.1) is 16.8 Å². The molecule has 1 saturated heterocycles. The summed E-state index contributed by atoms with van der Waals surface area (Å²) in [6.45, 7) is 2.72. The molecule has 6 nitrogen and oxygen atoms in total. The van der Waals surface area contributed by atoms with E-state index in [1.165, 1.54) is 6.20 Å². The van der Waals surface area contributed by atoms with Gasteiger partial charge in [-0.3, -0.25) is 14.8 Å². The van der Waals surface area contributed by atoms with Crippen molar-refractivity contribution in [2.75, 3.05) is 31.1 Å². The maximum absolute atomic E-state index is 12.4. The van der Waals surface area contributed by atoms with E-state index in [0.29, 0.717) is 23.7 Å². The summed E-state index contributed by atoms with van der Waals surface area (Å²) in [7, 11) is 0. The van der Waals surface area contributed by atoms with Gasteiger partial charge in [0.25, 0.3) is 5.91 Å². The molecule has 0 saturated carbocycles. The number of hydrogen-bond acceptors (Lipinski definition) is 5. The molecule has 0 N–H and O–H groups in total. The van der Waals surface area contributed by atoms with E-state index in [-0.39, 0.29) is 5.91 Å². The van der Waals surface area contributed by atoms with Crippen LogP contribution in [0.15, 0.2) is 37.1 Å². The van der Waals surface area contributed by atoms with Gasteiger partial charge in [0.1, 0.15) is 5.82 Å². The van der Waals surface area contributed by atoms with Gasteiger partial charge in [-0.1, -0.05) is 11.6 Å². The third-order valence-electron chi connectivity index (χ3n) is 3.44. The molecule has 21 heavy (non-hydrogen) atoms. The van der Waals surface area contributed by atoms with Gasteiger partial charge in [-0.05, 0) is 6.07 Å². The molecule has 1 aliphatic heterocycles. The van der Waals surface area contributed by atoms with Gasteiger partial charge < -0.3 is 9.80 Å². The molecule has 0 radical (unpaired) electrons. The Morgan fingerprint density at radius 2 is 1.81 bits per heavy atom. The van der Waals surface area contributed by atoms with Gasteiger partial charge in [-0.15, -0.1) is 0 Å². The first-order valence-electron chi connectivity index (χ1n) is 6.65. The summed E-state index contributed by atoms with van der Waals surface area (Å²) in [6.07, 6.45) is 8.12. The van der Waals surface area contributed by atoms with Crippen molar-refractivity contribution in [3.05, 3.63) is 47.6 Å². The highest BCUT2D eigenvalue weighted by Gasteiger charge is 2.24. The largest absolute Gasteiger partial charge is 0.352 e. The number of aromatic nitrogens is 3. The van der Waals surface area contributed by atoms with Crippen molar-refractivity contribution in [3.63, 3.8) is 0 Å². The second-order valence-electron chi connectivity index (χ2n) is 4.70. The minimum absolute atomic E-state index is 0.0544. The van der Waals surface area contributed by atoms with E-state index in [0.717, 1.165) is 18.9 Å². The average molecular weight is 304 g/mol. The normalized spacial score (nSPS) is 15.1. The lowest BCUT2D eigenvalue weighted by molar-refractivity contribution is 0.0746. The van der Waals surface area contributed by atoms with Crippen LogP contribution in [0, 0.1) is 0 Å². The number of pyridine rings is 1. The molecule has 0 spiro atoms. The molecule has 0 aromatic carbocycles. The maximum atomic E-state index is 12.4. The molecule has 1 aliphatic rings. The molecule has 2 aromatic rings. The van der Waals surface area contributed by atoms with Crippen LogP contribution in [0.2, 0.25) is 5.02 Å². The van der Waals surface area contributed by atoms with Crippen molar-refractivity contribution in [1.82, 2.24) is 19.9 Å². The van der Waals surface area contributed by atoms with Crippen molar-refractivity contribution < 1.29 is 4.79 Å². The standard InChI is InChI=1S/C14H14ClN5O/c15-12-9-16-2-1-11(12)14(21)20-7-5-19(6-8-20)13-10-17-3-4-18-13/h1-4,9-10H,5-8H2. The zero-order valence-electron chi connectivity index (χ0n) is 11.3. The SMILES string of the molecule is O=C(c1ccncc1Cl)N1CCN(c2cnccn2)CC1. The number of rotatable bonds is 2. The lowest BCUT2D eigenvalue weighted by atomic mass is 10.2. The topological polar surface area (TPSA) is 62.2 Å². The molecule has 3 heterocycles. The molecule has 0 atom stereocenters. The summed E-state index contributed by atoms with van der Waals surface area (Å²) in [4.78, 5) is 28.6. The van der Waals surface area contributed by atoms with Crippen molar-refractivity contribution in [1.29, 1.82) is 0 Å². The Bertz CT molecular complexity index is 628. The highest BCUT2D eigenvalue weighted by Crippen LogP contribution is 2.18. The van der Waals surface area contributed by atoms with E-state index >= 15 is 0 Å². The van der Waals surface area contributed by atoms with Crippen LogP contribution in [0.25, 0.3) is 0 Å². The second kappa shape index (κ2) is 6.05. The quantitative estimate of drug-likeness (QED) is 0.841. The van der Waals surface area contributed by atoms with Crippen LogP contribution < -0.4 is 4.90 Å². The van der Waals surface area contributed by atoms with Gasteiger partial charge in [0.2, 0.25) is 0 Å². The van der Waals surface area contributed by atoms with Crippen LogP contribution in [0.4, 0.5) is 5.82 Å². The van der Waals surface area contributed by atoms with Gasteiger partial charge in [-0.25, -0.2) is 4.98 Å². The van der Waals surface area contributed by atoms with Crippen molar-refractivity contribution in [2.45, 2.75) is 0 Å². The molecule has 0 bridgehead atoms. The minimum atomic E-state index is -0.0544. The molecule has 2 aromatic heterocycles. The molecule has 1 fully saturated rings. The van der Waals surface area contributed by atoms with Crippen molar-refractivity contribution in [2.24, 2.45) is 0 Å². The maximum Gasteiger partial charge on any atom is 0.255 e. The Labute approximate surface area is 127 Å². The lowest BCUT2D eigenvalue weighted by Crippen LogP contribution is -2.49. The van der Waals surface area contributed by atoms with Crippen LogP contribution >= 0.6 is 11.6 Å². The van der Waals surface area contributed by atoms with Gasteiger partial charge in [0.15, 0.2) is 0 Å². The van der Waals surface area contributed by atoms with Crippen molar-refractivity contribution >= 4 is 23.3 Å². The zero-order valence-corrected chi connectivity index (χ0v) is 12.1. The number of amides is 1. The molecule has 0 unspecified atom stereocenters. The number of piperazine rings is 1. The Kier molecular flexibility index (Phi) is 3.96. The van der Waals surface area contributed by atoms with E-state index in [2.05, 4.69) is 19.9 Å². The Morgan fingerprint density at radius 3 is 2.48 bits per heavy atom. The zero-order chi connectivity index (χ0) is 14.7. The average Bonchev–Trinajstić information content (AvgIpc) is 2.56. The summed E-state index contributed by atoms with van der Waals surface area (Å²) in [5, 5.41) is 0.388. The third kappa shape index (κ3) is 2.95. The summed E-state index contributed by atoms with van der Waals surface area (Å²) < 4.78 is 0. The molecule has 3 rings (SSSR count). The summed E-state index contributed by atoms with van der Waals surface area (Å²) in [6, 6.07) is 1.65. The van der Waals surface area contributed by atoms with E-state index in [9.17, 15) is 4.79 Å². The Balaban J connectivity index is 1.66. The predicted molar refractivity (Wildman–Crippen MR) is 79.4 cm³/mol. The first-order chi connectivity index (χ1) is 10.3. The van der Waals surface area contributed by atoms with Crippen molar-refractivity contribution in [3.8, 4) is 0 Å². The van der Waals surface area contributed by atoms with Gasteiger partial charge >= 0.3 is 0 Å². The fourth-order valence-electron chi connectivity index (χ4n) is 2.31. The second-order valence-corrected chi connectivity index (χ2v) is 5.11. The van der Waals surface area contributed by atoms with E-state index in [1.807, 2.05) is 0 Å². The molecular weight excluding hydrogens is 290 g/mol. The van der Waals surface area contributed by atoms with Gasteiger partial charge in [-0.2, -0.15) is 0 Å². The van der Waals surface area contributed by atoms with Crippen LogP contribution in [-0.2, 0) is 0 Å². The molecule has 0 aliphatic carbocycles. The molecule has 7 heteroatoms. The molecule has 1 amide bonds. The number of carbonyl (C=O) groups is 1. The number of hydrogen-bond donors (Lipinski definition) is 0. The summed E-state index contributed by atoms with van der Waals surface area (Å²) >= 11 is 6.02. The Hall–Kier alpha value is -2.21. The predicted octanol–water partition coefficient (Wildman–Crippen LogP) is 1.49. The smallest absolute Gasteiger partial charge is 0.255 e. The van der Waals surface area contributed by atoms with E-state index in [1.54, 1.807) is 35.8 Å². The summed E-state index contributed by atoms with van der Waals surface area (Å²) in [5.74, 6) is 0.785. The van der Waals surface area contributed by atoms with E-state index in [4.69, 9.17) is 11.6 Å². The number of carbonyl (C=O) groups excluding carboxylic acids is 1. The fourth-order valence-corrected chi connectivity index (χ4v) is 2.51. The lowest BCUT2D eigenvalue weighted by Gasteiger charge is -2.35. The molecule has 108 valence electrons. The van der Waals surface area contributed by atoms with Crippen LogP contribution in [0.3, 0.4) is 0 Å². The van der Waals surface area contributed by atoms with Crippen LogP contribution in [-0.4, -0.2) is 51.9 Å². The molecular formula is C14H14ClN5O. The monoisotopic (exact) mass is 303 g/mol. The first kappa shape index (κ1) is 13.8. The highest BCUT2D eigenvalue weighted by molar-refractivity contribution is 6.33. The number of nitrogens with zero attached hydrogens (tertiary/aromatic N) is 5. The first-order valence-corrected chi connectivity index (χ1v) is 7.03. The van der Waals surface area contributed by atoms with Crippen LogP contribution in [0.5, 0.6) is 0 Å². The van der Waals surface area contributed by atoms with Gasteiger partial charge in [0, 0.05) is 51.0 Å². The summed E-state index contributed by atoms with van der Waals surface area (Å²) in [5.41, 5.74) is 0.500. The highest BCUT2D eigenvalue weighted by atomic mass is 35.5. The van der Waals surface area contributed by atoms with Crippen LogP contribution in [0.1, 0.15) is 10.4 Å². The number of anilines is 1. The van der Waals surface area contributed by atoms with E-state index < -0.39 is 0 Å². The fraction of sp³-hybridized carbons (Fsp3) is 0.286. The third-order valence-corrected chi connectivity index (χ3v) is 3.74. The minimum Gasteiger partial charge on any atom is -0.352 e.